The highest BCUT2D eigenvalue weighted by atomic mass is 19.3. The van der Waals surface area contributed by atoms with E-state index in [2.05, 4.69) is 15.0 Å². The Morgan fingerprint density at radius 2 is 1.83 bits per heavy atom. The molecule has 0 bridgehead atoms. The summed E-state index contributed by atoms with van der Waals surface area (Å²) in [5, 5.41) is 3.20. The average molecular weight is 413 g/mol. The Hall–Kier alpha value is -3.29. The Balaban J connectivity index is 1.59. The number of benzene rings is 2. The van der Waals surface area contributed by atoms with Crippen LogP contribution in [0.3, 0.4) is 0 Å². The molecule has 30 heavy (non-hydrogen) atoms. The van der Waals surface area contributed by atoms with Gasteiger partial charge in [0.1, 0.15) is 11.6 Å². The minimum absolute atomic E-state index is 0.00914. The molecule has 8 heteroatoms. The molecule has 0 unspecified atom stereocenters. The smallest absolute Gasteiger partial charge is 0.387 e. The first-order valence-corrected chi connectivity index (χ1v) is 9.91. The van der Waals surface area contributed by atoms with Crippen molar-refractivity contribution in [1.82, 2.24) is 9.55 Å². The van der Waals surface area contributed by atoms with Gasteiger partial charge in [0, 0.05) is 24.2 Å². The number of alkyl halides is 2. The Bertz CT molecular complexity index is 1130. The molecular formula is C22H21F2N3O3. The molecule has 3 aromatic rings. The van der Waals surface area contributed by atoms with E-state index in [0.717, 1.165) is 37.9 Å². The van der Waals surface area contributed by atoms with Crippen LogP contribution in [0.25, 0.3) is 10.9 Å². The van der Waals surface area contributed by atoms with E-state index < -0.39 is 6.61 Å². The Labute approximate surface area is 171 Å². The minimum atomic E-state index is -2.90. The zero-order valence-corrected chi connectivity index (χ0v) is 16.2. The van der Waals surface area contributed by atoms with Crippen LogP contribution in [0.5, 0.6) is 5.75 Å². The molecule has 0 atom stereocenters. The van der Waals surface area contributed by atoms with E-state index in [1.54, 1.807) is 22.8 Å². The number of aromatic nitrogens is 2. The van der Waals surface area contributed by atoms with Crippen LogP contribution in [0.15, 0.2) is 47.3 Å². The molecule has 6 nitrogen and oxygen atoms in total. The summed E-state index contributed by atoms with van der Waals surface area (Å²) in [6.07, 6.45) is 4.93. The maximum Gasteiger partial charge on any atom is 0.387 e. The highest BCUT2D eigenvalue weighted by Gasteiger charge is 2.15. The molecule has 0 radical (unpaired) electrons. The van der Waals surface area contributed by atoms with Crippen molar-refractivity contribution < 1.29 is 18.3 Å². The van der Waals surface area contributed by atoms with E-state index in [4.69, 9.17) is 0 Å². The molecule has 156 valence electrons. The van der Waals surface area contributed by atoms with Gasteiger partial charge >= 0.3 is 6.61 Å². The van der Waals surface area contributed by atoms with Crippen LogP contribution in [-0.4, -0.2) is 22.1 Å². The van der Waals surface area contributed by atoms with Gasteiger partial charge in [-0.25, -0.2) is 4.98 Å². The number of aryl methyl sites for hydroxylation is 1. The third-order valence-electron chi connectivity index (χ3n) is 5.17. The summed E-state index contributed by atoms with van der Waals surface area (Å²) in [7, 11) is 0. The van der Waals surface area contributed by atoms with Crippen molar-refractivity contribution >= 4 is 22.5 Å². The van der Waals surface area contributed by atoms with Gasteiger partial charge in [-0.05, 0) is 55.3 Å². The standard InChI is InChI=1S/C22H21F2N3O3/c23-22(24)30-16-9-7-15(8-10-16)25-20(28)14-6-11-17-18(13-14)26-19-5-3-1-2-4-12-27(19)21(17)29/h6-11,13,22H,1-5,12H2,(H,25,28). The molecule has 1 amide bonds. The quantitative estimate of drug-likeness (QED) is 0.690. The number of anilines is 1. The summed E-state index contributed by atoms with van der Waals surface area (Å²) in [6, 6.07) is 10.5. The van der Waals surface area contributed by atoms with Crippen molar-refractivity contribution in [3.8, 4) is 5.75 Å². The van der Waals surface area contributed by atoms with Crippen LogP contribution in [0.4, 0.5) is 14.5 Å². The molecule has 1 aromatic heterocycles. The summed E-state index contributed by atoms with van der Waals surface area (Å²) in [4.78, 5) is 30.2. The second-order valence-electron chi connectivity index (χ2n) is 7.24. The summed E-state index contributed by atoms with van der Waals surface area (Å²) in [6.45, 7) is -2.23. The highest BCUT2D eigenvalue weighted by molar-refractivity contribution is 6.06. The Morgan fingerprint density at radius 1 is 1.07 bits per heavy atom. The van der Waals surface area contributed by atoms with E-state index in [9.17, 15) is 18.4 Å². The van der Waals surface area contributed by atoms with Gasteiger partial charge in [0.25, 0.3) is 11.5 Å². The lowest BCUT2D eigenvalue weighted by Crippen LogP contribution is -2.26. The van der Waals surface area contributed by atoms with Gasteiger partial charge in [-0.15, -0.1) is 0 Å². The first kappa shape index (κ1) is 20.0. The van der Waals surface area contributed by atoms with E-state index >= 15 is 0 Å². The Kier molecular flexibility index (Phi) is 5.74. The number of fused-ring (bicyclic) bond motifs is 2. The molecule has 4 rings (SSSR count). The number of carbonyl (C=O) groups is 1. The summed E-state index contributed by atoms with van der Waals surface area (Å²) in [5.74, 6) is 0.391. The van der Waals surface area contributed by atoms with E-state index in [-0.39, 0.29) is 17.2 Å². The number of rotatable bonds is 4. The lowest BCUT2D eigenvalue weighted by atomic mass is 10.1. The second kappa shape index (κ2) is 8.61. The maximum atomic E-state index is 12.9. The lowest BCUT2D eigenvalue weighted by molar-refractivity contribution is -0.0498. The van der Waals surface area contributed by atoms with Gasteiger partial charge in [0.15, 0.2) is 0 Å². The van der Waals surface area contributed by atoms with Gasteiger partial charge < -0.3 is 10.1 Å². The van der Waals surface area contributed by atoms with Crippen molar-refractivity contribution in [3.05, 3.63) is 64.2 Å². The summed E-state index contributed by atoms with van der Waals surface area (Å²) in [5.41, 5.74) is 1.23. The second-order valence-corrected chi connectivity index (χ2v) is 7.24. The van der Waals surface area contributed by atoms with Gasteiger partial charge in [-0.3, -0.25) is 14.2 Å². The van der Waals surface area contributed by atoms with Crippen molar-refractivity contribution in [2.45, 2.75) is 45.3 Å². The van der Waals surface area contributed by atoms with Crippen molar-refractivity contribution in [2.75, 3.05) is 5.32 Å². The van der Waals surface area contributed by atoms with Crippen molar-refractivity contribution in [2.24, 2.45) is 0 Å². The van der Waals surface area contributed by atoms with Crippen LogP contribution in [-0.2, 0) is 13.0 Å². The topological polar surface area (TPSA) is 73.2 Å². The van der Waals surface area contributed by atoms with Crippen LogP contribution >= 0.6 is 0 Å². The first-order chi connectivity index (χ1) is 14.5. The molecule has 0 spiro atoms. The molecule has 2 aromatic carbocycles. The predicted octanol–water partition coefficient (Wildman–Crippen LogP) is 4.37. The molecular weight excluding hydrogens is 392 g/mol. The zero-order valence-electron chi connectivity index (χ0n) is 16.2. The number of nitrogens with zero attached hydrogens (tertiary/aromatic N) is 2. The molecule has 0 fully saturated rings. The normalized spacial score (nSPS) is 14.1. The molecule has 1 N–H and O–H groups in total. The number of carbonyl (C=O) groups excluding carboxylic acids is 1. The first-order valence-electron chi connectivity index (χ1n) is 9.91. The van der Waals surface area contributed by atoms with Crippen LogP contribution in [0, 0.1) is 0 Å². The third kappa shape index (κ3) is 4.32. The molecule has 1 aliphatic rings. The summed E-state index contributed by atoms with van der Waals surface area (Å²) < 4.78 is 30.5. The Morgan fingerprint density at radius 3 is 2.60 bits per heavy atom. The maximum absolute atomic E-state index is 12.9. The van der Waals surface area contributed by atoms with Gasteiger partial charge in [-0.1, -0.05) is 12.8 Å². The molecule has 1 aliphatic heterocycles. The fourth-order valence-corrected chi connectivity index (χ4v) is 3.66. The van der Waals surface area contributed by atoms with Gasteiger partial charge in [0.05, 0.1) is 10.9 Å². The molecule has 0 saturated heterocycles. The van der Waals surface area contributed by atoms with Crippen LogP contribution in [0.2, 0.25) is 0 Å². The number of amides is 1. The number of hydrogen-bond donors (Lipinski definition) is 1. The van der Waals surface area contributed by atoms with E-state index in [1.807, 2.05) is 0 Å². The number of ether oxygens (including phenoxy) is 1. The fraction of sp³-hybridized carbons (Fsp3) is 0.318. The van der Waals surface area contributed by atoms with Crippen LogP contribution in [0.1, 0.15) is 41.9 Å². The lowest BCUT2D eigenvalue weighted by Gasteiger charge is -2.16. The number of halogens is 2. The molecule has 0 aliphatic carbocycles. The van der Waals surface area contributed by atoms with Crippen molar-refractivity contribution in [3.63, 3.8) is 0 Å². The van der Waals surface area contributed by atoms with Gasteiger partial charge in [-0.2, -0.15) is 8.78 Å². The predicted molar refractivity (Wildman–Crippen MR) is 109 cm³/mol. The van der Waals surface area contributed by atoms with E-state index in [0.29, 0.717) is 28.7 Å². The average Bonchev–Trinajstić information content (AvgIpc) is 2.70. The third-order valence-corrected chi connectivity index (χ3v) is 5.17. The fourth-order valence-electron chi connectivity index (χ4n) is 3.66. The van der Waals surface area contributed by atoms with Crippen LogP contribution < -0.4 is 15.6 Å². The SMILES string of the molecule is O=C(Nc1ccc(OC(F)F)cc1)c1ccc2c(=O)n3c(nc2c1)CCCCCC3. The monoisotopic (exact) mass is 413 g/mol. The minimum Gasteiger partial charge on any atom is -0.435 e. The largest absolute Gasteiger partial charge is 0.435 e. The molecule has 0 saturated carbocycles. The van der Waals surface area contributed by atoms with Crippen molar-refractivity contribution in [1.29, 1.82) is 0 Å². The van der Waals surface area contributed by atoms with Gasteiger partial charge in [0.2, 0.25) is 0 Å². The highest BCUT2D eigenvalue weighted by Crippen LogP contribution is 2.20. The zero-order chi connectivity index (χ0) is 21.1. The van der Waals surface area contributed by atoms with E-state index in [1.165, 1.54) is 24.3 Å². The number of hydrogen-bond acceptors (Lipinski definition) is 4. The summed E-state index contributed by atoms with van der Waals surface area (Å²) >= 11 is 0. The number of nitrogens with one attached hydrogen (secondary N) is 1. The molecule has 2 heterocycles.